The molecule has 90 valence electrons. The Balaban J connectivity index is 3.47. The van der Waals surface area contributed by atoms with Crippen molar-refractivity contribution in [1.82, 2.24) is 0 Å². The molecule has 15 heavy (non-hydrogen) atoms. The van der Waals surface area contributed by atoms with E-state index in [1.807, 2.05) is 20.8 Å². The Labute approximate surface area is 93.1 Å². The summed E-state index contributed by atoms with van der Waals surface area (Å²) >= 11 is 0. The Morgan fingerprint density at radius 3 is 2.27 bits per heavy atom. The van der Waals surface area contributed by atoms with E-state index in [2.05, 4.69) is 0 Å². The first kappa shape index (κ1) is 14.4. The van der Waals surface area contributed by atoms with E-state index in [1.165, 1.54) is 0 Å². The molecule has 0 atom stereocenters. The molecule has 0 amide bonds. The van der Waals surface area contributed by atoms with Crippen LogP contribution in [0.1, 0.15) is 46.5 Å². The van der Waals surface area contributed by atoms with Crippen LogP contribution in [0.25, 0.3) is 0 Å². The van der Waals surface area contributed by atoms with Gasteiger partial charge in [-0.1, -0.05) is 6.92 Å². The molecule has 0 saturated heterocycles. The smallest absolute Gasteiger partial charge is 0.311 e. The maximum Gasteiger partial charge on any atom is 0.311 e. The van der Waals surface area contributed by atoms with Crippen LogP contribution in [-0.4, -0.2) is 26.3 Å². The molecule has 0 bridgehead atoms. The summed E-state index contributed by atoms with van der Waals surface area (Å²) in [6.45, 7) is 7.15. The molecular weight excluding hydrogens is 192 g/mol. The van der Waals surface area contributed by atoms with E-state index in [4.69, 9.17) is 9.47 Å². The summed E-state index contributed by atoms with van der Waals surface area (Å²) in [7, 11) is 1.70. The highest BCUT2D eigenvalue weighted by molar-refractivity contribution is 5.75. The van der Waals surface area contributed by atoms with Crippen LogP contribution in [0.2, 0.25) is 0 Å². The highest BCUT2D eigenvalue weighted by atomic mass is 16.5. The summed E-state index contributed by atoms with van der Waals surface area (Å²) in [6.07, 6.45) is 3.82. The van der Waals surface area contributed by atoms with Gasteiger partial charge in [0.05, 0.1) is 12.0 Å². The Hall–Kier alpha value is -0.570. The number of ether oxygens (including phenoxy) is 2. The van der Waals surface area contributed by atoms with Crippen molar-refractivity contribution in [2.75, 3.05) is 20.3 Å². The molecule has 0 heterocycles. The second-order valence-corrected chi connectivity index (χ2v) is 4.43. The maximum absolute atomic E-state index is 11.5. The fraction of sp³-hybridized carbons (Fsp3) is 0.917. The van der Waals surface area contributed by atoms with Crippen LogP contribution in [0.5, 0.6) is 0 Å². The van der Waals surface area contributed by atoms with E-state index in [0.717, 1.165) is 32.3 Å². The zero-order chi connectivity index (χ0) is 11.7. The van der Waals surface area contributed by atoms with Gasteiger partial charge in [0.1, 0.15) is 0 Å². The lowest BCUT2D eigenvalue weighted by molar-refractivity contribution is -0.154. The van der Waals surface area contributed by atoms with Gasteiger partial charge in [0.2, 0.25) is 0 Å². The molecule has 0 rings (SSSR count). The lowest BCUT2D eigenvalue weighted by Crippen LogP contribution is -2.26. The fourth-order valence-corrected chi connectivity index (χ4v) is 1.03. The average molecular weight is 216 g/mol. The Kier molecular flexibility index (Phi) is 7.39. The van der Waals surface area contributed by atoms with E-state index >= 15 is 0 Å². The molecule has 0 saturated carbocycles. The van der Waals surface area contributed by atoms with E-state index in [9.17, 15) is 4.79 Å². The van der Waals surface area contributed by atoms with E-state index in [-0.39, 0.29) is 11.4 Å². The summed E-state index contributed by atoms with van der Waals surface area (Å²) in [5.41, 5.74) is -0.341. The number of carbonyl (C=O) groups excluding carboxylic acids is 1. The Morgan fingerprint density at radius 2 is 1.73 bits per heavy atom. The second kappa shape index (κ2) is 7.69. The van der Waals surface area contributed by atoms with Crippen molar-refractivity contribution in [3.63, 3.8) is 0 Å². The Morgan fingerprint density at radius 1 is 1.13 bits per heavy atom. The lowest BCUT2D eigenvalue weighted by Gasteiger charge is -2.20. The minimum atomic E-state index is -0.341. The monoisotopic (exact) mass is 216 g/mol. The molecule has 0 aliphatic heterocycles. The topological polar surface area (TPSA) is 35.5 Å². The molecular formula is C12H24O3. The summed E-state index contributed by atoms with van der Waals surface area (Å²) in [4.78, 5) is 11.5. The van der Waals surface area contributed by atoms with Crippen LogP contribution in [0.3, 0.4) is 0 Å². The molecule has 0 spiro atoms. The number of methoxy groups -OCH3 is 1. The van der Waals surface area contributed by atoms with Crippen molar-refractivity contribution in [2.45, 2.75) is 46.5 Å². The average Bonchev–Trinajstić information content (AvgIpc) is 2.22. The highest BCUT2D eigenvalue weighted by Gasteiger charge is 2.26. The first-order valence-corrected chi connectivity index (χ1v) is 5.70. The largest absolute Gasteiger partial charge is 0.465 e. The maximum atomic E-state index is 11.5. The first-order valence-electron chi connectivity index (χ1n) is 5.70. The van der Waals surface area contributed by atoms with Crippen LogP contribution in [0.15, 0.2) is 0 Å². The molecule has 0 aromatic heterocycles. The van der Waals surface area contributed by atoms with Gasteiger partial charge in [-0.3, -0.25) is 4.79 Å². The zero-order valence-electron chi connectivity index (χ0n) is 10.5. The number of esters is 1. The fourth-order valence-electron chi connectivity index (χ4n) is 1.03. The van der Waals surface area contributed by atoms with Gasteiger partial charge in [-0.15, -0.1) is 0 Å². The van der Waals surface area contributed by atoms with Crippen LogP contribution in [0, 0.1) is 5.41 Å². The van der Waals surface area contributed by atoms with Crippen molar-refractivity contribution >= 4 is 5.97 Å². The highest BCUT2D eigenvalue weighted by Crippen LogP contribution is 2.21. The van der Waals surface area contributed by atoms with Gasteiger partial charge < -0.3 is 9.47 Å². The van der Waals surface area contributed by atoms with Crippen molar-refractivity contribution in [3.05, 3.63) is 0 Å². The van der Waals surface area contributed by atoms with Crippen molar-refractivity contribution in [2.24, 2.45) is 5.41 Å². The molecule has 0 radical (unpaired) electrons. The number of carbonyl (C=O) groups is 1. The molecule has 0 aromatic rings. The third-order valence-corrected chi connectivity index (χ3v) is 2.66. The number of rotatable bonds is 8. The van der Waals surface area contributed by atoms with Gasteiger partial charge >= 0.3 is 5.97 Å². The third kappa shape index (κ3) is 6.50. The minimum Gasteiger partial charge on any atom is -0.465 e. The van der Waals surface area contributed by atoms with Crippen LogP contribution >= 0.6 is 0 Å². The molecule has 3 heteroatoms. The zero-order valence-corrected chi connectivity index (χ0v) is 10.5. The molecule has 0 aliphatic carbocycles. The number of unbranched alkanes of at least 4 members (excludes halogenated alkanes) is 2. The van der Waals surface area contributed by atoms with Gasteiger partial charge in [0, 0.05) is 13.7 Å². The summed E-state index contributed by atoms with van der Waals surface area (Å²) in [6, 6.07) is 0. The third-order valence-electron chi connectivity index (χ3n) is 2.66. The molecule has 0 aromatic carbocycles. The van der Waals surface area contributed by atoms with Gasteiger partial charge in [0.15, 0.2) is 0 Å². The molecule has 0 fully saturated rings. The standard InChI is InChI=1S/C12H24O3/c1-5-12(2,3)11(13)15-10-8-6-7-9-14-4/h5-10H2,1-4H3. The Bertz CT molecular complexity index is 176. The summed E-state index contributed by atoms with van der Waals surface area (Å²) in [5, 5.41) is 0. The van der Waals surface area contributed by atoms with Crippen molar-refractivity contribution < 1.29 is 14.3 Å². The molecule has 0 N–H and O–H groups in total. The second-order valence-electron chi connectivity index (χ2n) is 4.43. The summed E-state index contributed by atoms with van der Waals surface area (Å²) < 4.78 is 10.1. The van der Waals surface area contributed by atoms with Crippen LogP contribution in [-0.2, 0) is 14.3 Å². The van der Waals surface area contributed by atoms with Gasteiger partial charge in [-0.05, 0) is 39.5 Å². The van der Waals surface area contributed by atoms with E-state index in [1.54, 1.807) is 7.11 Å². The predicted molar refractivity (Wildman–Crippen MR) is 60.8 cm³/mol. The predicted octanol–water partition coefficient (Wildman–Crippen LogP) is 2.78. The number of hydrogen-bond acceptors (Lipinski definition) is 3. The van der Waals surface area contributed by atoms with Crippen LogP contribution < -0.4 is 0 Å². The normalized spacial score (nSPS) is 11.5. The van der Waals surface area contributed by atoms with Gasteiger partial charge in [-0.2, -0.15) is 0 Å². The molecule has 3 nitrogen and oxygen atoms in total. The van der Waals surface area contributed by atoms with E-state index < -0.39 is 0 Å². The molecule has 0 unspecified atom stereocenters. The summed E-state index contributed by atoms with van der Waals surface area (Å²) in [5.74, 6) is -0.0864. The minimum absolute atomic E-state index is 0.0864. The van der Waals surface area contributed by atoms with Crippen LogP contribution in [0.4, 0.5) is 0 Å². The lowest BCUT2D eigenvalue weighted by atomic mass is 9.91. The van der Waals surface area contributed by atoms with Crippen molar-refractivity contribution in [3.8, 4) is 0 Å². The van der Waals surface area contributed by atoms with Gasteiger partial charge in [0.25, 0.3) is 0 Å². The van der Waals surface area contributed by atoms with E-state index in [0.29, 0.717) is 6.61 Å². The SMILES string of the molecule is CCC(C)(C)C(=O)OCCCCCOC. The first-order chi connectivity index (χ1) is 7.04. The van der Waals surface area contributed by atoms with Gasteiger partial charge in [-0.25, -0.2) is 0 Å². The van der Waals surface area contributed by atoms with Crippen molar-refractivity contribution in [1.29, 1.82) is 0 Å². The molecule has 0 aliphatic rings. The number of hydrogen-bond donors (Lipinski definition) is 0. The quantitative estimate of drug-likeness (QED) is 0.462.